The summed E-state index contributed by atoms with van der Waals surface area (Å²) >= 11 is 0. The SMILES string of the molecule is C=C[C@]12OC(C)(C)O[C@H]1C(=O)O[C@@H]2C. The van der Waals surface area contributed by atoms with Gasteiger partial charge in [-0.05, 0) is 20.8 Å². The number of esters is 1. The van der Waals surface area contributed by atoms with Crippen LogP contribution in [0.2, 0.25) is 0 Å². The van der Waals surface area contributed by atoms with Gasteiger partial charge in [0.1, 0.15) is 6.10 Å². The monoisotopic (exact) mass is 198 g/mol. The fourth-order valence-electron chi connectivity index (χ4n) is 2.05. The summed E-state index contributed by atoms with van der Waals surface area (Å²) in [4.78, 5) is 11.4. The Balaban J connectivity index is 2.41. The molecule has 0 radical (unpaired) electrons. The van der Waals surface area contributed by atoms with E-state index in [2.05, 4.69) is 6.58 Å². The molecule has 0 aromatic rings. The normalized spacial score (nSPS) is 44.6. The van der Waals surface area contributed by atoms with Crippen molar-refractivity contribution in [2.75, 3.05) is 0 Å². The highest BCUT2D eigenvalue weighted by molar-refractivity contribution is 5.80. The second-order valence-corrected chi connectivity index (χ2v) is 4.14. The van der Waals surface area contributed by atoms with Crippen LogP contribution in [0.1, 0.15) is 20.8 Å². The molecule has 2 heterocycles. The summed E-state index contributed by atoms with van der Waals surface area (Å²) in [7, 11) is 0. The third-order valence-electron chi connectivity index (χ3n) is 2.70. The highest BCUT2D eigenvalue weighted by Crippen LogP contribution is 2.45. The molecule has 0 unspecified atom stereocenters. The maximum Gasteiger partial charge on any atom is 0.339 e. The molecule has 2 saturated heterocycles. The van der Waals surface area contributed by atoms with E-state index in [9.17, 15) is 4.79 Å². The number of carbonyl (C=O) groups excluding carboxylic acids is 1. The van der Waals surface area contributed by atoms with Crippen LogP contribution in [-0.4, -0.2) is 29.6 Å². The first kappa shape index (κ1) is 9.68. The minimum absolute atomic E-state index is 0.348. The smallest absolute Gasteiger partial charge is 0.339 e. The largest absolute Gasteiger partial charge is 0.457 e. The third kappa shape index (κ3) is 1.04. The van der Waals surface area contributed by atoms with Gasteiger partial charge in [0, 0.05) is 0 Å². The van der Waals surface area contributed by atoms with Gasteiger partial charge in [-0.2, -0.15) is 0 Å². The van der Waals surface area contributed by atoms with Crippen molar-refractivity contribution in [3.63, 3.8) is 0 Å². The number of ether oxygens (including phenoxy) is 3. The Labute approximate surface area is 82.8 Å². The summed E-state index contributed by atoms with van der Waals surface area (Å²) in [6, 6.07) is 0. The first-order chi connectivity index (χ1) is 6.41. The maximum absolute atomic E-state index is 11.4. The number of cyclic esters (lactones) is 1. The molecule has 78 valence electrons. The van der Waals surface area contributed by atoms with Gasteiger partial charge < -0.3 is 14.2 Å². The second kappa shape index (κ2) is 2.58. The van der Waals surface area contributed by atoms with Crippen LogP contribution in [0, 0.1) is 0 Å². The van der Waals surface area contributed by atoms with E-state index in [-0.39, 0.29) is 12.1 Å². The number of hydrogen-bond acceptors (Lipinski definition) is 4. The van der Waals surface area contributed by atoms with E-state index >= 15 is 0 Å². The van der Waals surface area contributed by atoms with Gasteiger partial charge in [0.25, 0.3) is 0 Å². The summed E-state index contributed by atoms with van der Waals surface area (Å²) in [5.74, 6) is -1.13. The van der Waals surface area contributed by atoms with Crippen molar-refractivity contribution < 1.29 is 19.0 Å². The van der Waals surface area contributed by atoms with Crippen molar-refractivity contribution >= 4 is 5.97 Å². The fraction of sp³-hybridized carbons (Fsp3) is 0.700. The molecule has 0 saturated carbocycles. The van der Waals surface area contributed by atoms with E-state index in [0.717, 1.165) is 0 Å². The lowest BCUT2D eigenvalue weighted by atomic mass is 9.94. The topological polar surface area (TPSA) is 44.8 Å². The van der Waals surface area contributed by atoms with E-state index in [0.29, 0.717) is 0 Å². The van der Waals surface area contributed by atoms with E-state index in [1.165, 1.54) is 0 Å². The van der Waals surface area contributed by atoms with Gasteiger partial charge in [-0.25, -0.2) is 4.79 Å². The average molecular weight is 198 g/mol. The van der Waals surface area contributed by atoms with Crippen LogP contribution < -0.4 is 0 Å². The molecule has 3 atom stereocenters. The molecular weight excluding hydrogens is 184 g/mol. The molecule has 2 fully saturated rings. The van der Waals surface area contributed by atoms with E-state index in [4.69, 9.17) is 14.2 Å². The predicted octanol–water partition coefficient (Wildman–Crippen LogP) is 1.01. The third-order valence-corrected chi connectivity index (χ3v) is 2.70. The molecule has 4 heteroatoms. The Bertz CT molecular complexity index is 296. The van der Waals surface area contributed by atoms with E-state index in [1.807, 2.05) is 0 Å². The molecule has 14 heavy (non-hydrogen) atoms. The van der Waals surface area contributed by atoms with Crippen molar-refractivity contribution in [1.29, 1.82) is 0 Å². The maximum atomic E-state index is 11.4. The molecule has 0 aromatic heterocycles. The van der Waals surface area contributed by atoms with Gasteiger partial charge >= 0.3 is 5.97 Å². The average Bonchev–Trinajstić information content (AvgIpc) is 2.47. The lowest BCUT2D eigenvalue weighted by Gasteiger charge is -2.26. The predicted molar refractivity (Wildman–Crippen MR) is 48.5 cm³/mol. The van der Waals surface area contributed by atoms with Gasteiger partial charge in [-0.15, -0.1) is 0 Å². The number of hydrogen-bond donors (Lipinski definition) is 0. The summed E-state index contributed by atoms with van der Waals surface area (Å²) in [6.07, 6.45) is 0.575. The first-order valence-corrected chi connectivity index (χ1v) is 4.63. The molecule has 2 aliphatic rings. The Hall–Kier alpha value is -0.870. The van der Waals surface area contributed by atoms with Crippen LogP contribution in [0.15, 0.2) is 12.7 Å². The Morgan fingerprint density at radius 1 is 1.50 bits per heavy atom. The minimum Gasteiger partial charge on any atom is -0.457 e. The van der Waals surface area contributed by atoms with Crippen LogP contribution in [0.3, 0.4) is 0 Å². The van der Waals surface area contributed by atoms with E-state index in [1.54, 1.807) is 26.8 Å². The lowest BCUT2D eigenvalue weighted by Crippen LogP contribution is -2.42. The standard InChI is InChI=1S/C10H14O4/c1-5-10-6(2)12-8(11)7(10)13-9(3,4)14-10/h5-7H,1H2,2-4H3/t6-,7+,10-/m1/s1. The number of rotatable bonds is 1. The Morgan fingerprint density at radius 3 is 2.64 bits per heavy atom. The molecule has 0 N–H and O–H groups in total. The molecule has 4 nitrogen and oxygen atoms in total. The van der Waals surface area contributed by atoms with Gasteiger partial charge in [-0.1, -0.05) is 12.7 Å². The van der Waals surface area contributed by atoms with E-state index < -0.39 is 17.5 Å². The van der Waals surface area contributed by atoms with Gasteiger partial charge in [0.15, 0.2) is 17.5 Å². The van der Waals surface area contributed by atoms with Gasteiger partial charge in [0.2, 0.25) is 0 Å². The van der Waals surface area contributed by atoms with Crippen molar-refractivity contribution in [3.8, 4) is 0 Å². The Morgan fingerprint density at radius 2 is 2.14 bits per heavy atom. The Kier molecular flexibility index (Phi) is 1.78. The minimum atomic E-state index is -0.819. The number of fused-ring (bicyclic) bond motifs is 1. The van der Waals surface area contributed by atoms with Gasteiger partial charge in [0.05, 0.1) is 0 Å². The van der Waals surface area contributed by atoms with Crippen LogP contribution in [0.4, 0.5) is 0 Å². The molecule has 2 aliphatic heterocycles. The summed E-state index contributed by atoms with van der Waals surface area (Å²) < 4.78 is 16.2. The van der Waals surface area contributed by atoms with Crippen molar-refractivity contribution in [2.24, 2.45) is 0 Å². The highest BCUT2D eigenvalue weighted by Gasteiger charge is 2.64. The van der Waals surface area contributed by atoms with Crippen molar-refractivity contribution in [2.45, 2.75) is 44.4 Å². The zero-order valence-electron chi connectivity index (χ0n) is 8.57. The number of carbonyl (C=O) groups is 1. The summed E-state index contributed by atoms with van der Waals surface area (Å²) in [5.41, 5.74) is -0.819. The highest BCUT2D eigenvalue weighted by atomic mass is 16.8. The van der Waals surface area contributed by atoms with Crippen LogP contribution >= 0.6 is 0 Å². The molecule has 0 spiro atoms. The lowest BCUT2D eigenvalue weighted by molar-refractivity contribution is -0.193. The van der Waals surface area contributed by atoms with Crippen molar-refractivity contribution in [3.05, 3.63) is 12.7 Å². The molecule has 0 bridgehead atoms. The van der Waals surface area contributed by atoms with Crippen LogP contribution in [0.25, 0.3) is 0 Å². The quantitative estimate of drug-likeness (QED) is 0.466. The molecular formula is C10H14O4. The van der Waals surface area contributed by atoms with Crippen LogP contribution in [0.5, 0.6) is 0 Å². The molecule has 2 rings (SSSR count). The van der Waals surface area contributed by atoms with Crippen LogP contribution in [-0.2, 0) is 19.0 Å². The second-order valence-electron chi connectivity index (χ2n) is 4.14. The molecule has 0 aliphatic carbocycles. The van der Waals surface area contributed by atoms with Gasteiger partial charge in [-0.3, -0.25) is 0 Å². The first-order valence-electron chi connectivity index (χ1n) is 4.63. The summed E-state index contributed by atoms with van der Waals surface area (Å²) in [5, 5.41) is 0. The molecule has 0 amide bonds. The van der Waals surface area contributed by atoms with Crippen molar-refractivity contribution in [1.82, 2.24) is 0 Å². The summed E-state index contributed by atoms with van der Waals surface area (Å²) in [6.45, 7) is 9.02. The fourth-order valence-corrected chi connectivity index (χ4v) is 2.05. The zero-order valence-corrected chi connectivity index (χ0v) is 8.57. The zero-order chi connectivity index (χ0) is 10.6. The molecule has 0 aromatic carbocycles.